The first-order chi connectivity index (χ1) is 15.9. The van der Waals surface area contributed by atoms with Crippen molar-refractivity contribution in [2.45, 2.75) is 19.4 Å². The van der Waals surface area contributed by atoms with Crippen LogP contribution in [0.3, 0.4) is 0 Å². The molecule has 0 spiro atoms. The molecule has 3 amide bonds. The third-order valence-electron chi connectivity index (χ3n) is 6.20. The average Bonchev–Trinajstić information content (AvgIpc) is 3.33. The maximum Gasteiger partial charge on any atom is 0.270 e. The molecule has 2 aromatic carbocycles. The van der Waals surface area contributed by atoms with Gasteiger partial charge in [-0.3, -0.25) is 14.4 Å². The Balaban J connectivity index is 1.27. The second kappa shape index (κ2) is 8.51. The number of benzene rings is 2. The molecule has 2 aliphatic rings. The lowest BCUT2D eigenvalue weighted by Gasteiger charge is -2.30. The molecule has 0 saturated carbocycles. The van der Waals surface area contributed by atoms with Crippen LogP contribution in [0.1, 0.15) is 28.9 Å². The van der Waals surface area contributed by atoms with Crippen molar-refractivity contribution in [2.75, 3.05) is 24.5 Å². The van der Waals surface area contributed by atoms with Crippen molar-refractivity contribution in [3.63, 3.8) is 0 Å². The summed E-state index contributed by atoms with van der Waals surface area (Å²) >= 11 is 5.85. The van der Waals surface area contributed by atoms with Gasteiger partial charge in [0.1, 0.15) is 17.4 Å². The van der Waals surface area contributed by atoms with Crippen LogP contribution in [0.5, 0.6) is 0 Å². The van der Waals surface area contributed by atoms with Crippen molar-refractivity contribution in [2.24, 2.45) is 5.92 Å². The van der Waals surface area contributed by atoms with Gasteiger partial charge in [0, 0.05) is 47.8 Å². The van der Waals surface area contributed by atoms with E-state index in [2.05, 4.69) is 10.3 Å². The Hall–Kier alpha value is -3.39. The predicted octanol–water partition coefficient (Wildman–Crippen LogP) is 3.48. The van der Waals surface area contributed by atoms with Crippen LogP contribution >= 0.6 is 11.6 Å². The van der Waals surface area contributed by atoms with Crippen LogP contribution in [0.2, 0.25) is 5.02 Å². The van der Waals surface area contributed by atoms with E-state index in [4.69, 9.17) is 11.6 Å². The number of aromatic amines is 1. The maximum atomic E-state index is 13.5. The molecule has 1 aromatic heterocycles. The third kappa shape index (κ3) is 4.18. The van der Waals surface area contributed by atoms with E-state index in [-0.39, 0.29) is 23.4 Å². The number of hydrogen-bond donors (Lipinski definition) is 2. The van der Waals surface area contributed by atoms with E-state index in [1.165, 1.54) is 12.1 Å². The molecule has 3 aromatic rings. The molecule has 170 valence electrons. The topological polar surface area (TPSA) is 85.5 Å². The number of likely N-dealkylation sites (tertiary alicyclic amines) is 1. The van der Waals surface area contributed by atoms with Crippen LogP contribution in [0.15, 0.2) is 42.5 Å². The van der Waals surface area contributed by atoms with E-state index >= 15 is 0 Å². The number of anilines is 1. The Labute approximate surface area is 194 Å². The summed E-state index contributed by atoms with van der Waals surface area (Å²) in [5, 5.41) is 3.79. The number of amides is 3. The van der Waals surface area contributed by atoms with Crippen LogP contribution in [0, 0.1) is 11.7 Å². The molecule has 1 atom stereocenters. The van der Waals surface area contributed by atoms with Gasteiger partial charge >= 0.3 is 0 Å². The van der Waals surface area contributed by atoms with Crippen molar-refractivity contribution >= 4 is 45.9 Å². The van der Waals surface area contributed by atoms with E-state index in [1.54, 1.807) is 21.9 Å². The molecule has 0 bridgehead atoms. The SMILES string of the molecule is O=C(NCc1cc(F)cc(Cl)c1)[C@H]1CCN(c2ccc3[nH]c(C(=O)N4CCC4)cc3c2)C1=O. The number of halogens is 2. The van der Waals surface area contributed by atoms with Crippen molar-refractivity contribution in [1.29, 1.82) is 0 Å². The zero-order chi connectivity index (χ0) is 23.1. The Morgan fingerprint density at radius 1 is 1.12 bits per heavy atom. The Morgan fingerprint density at radius 3 is 2.67 bits per heavy atom. The molecule has 2 aliphatic heterocycles. The fourth-order valence-corrected chi connectivity index (χ4v) is 4.54. The zero-order valence-electron chi connectivity index (χ0n) is 17.7. The summed E-state index contributed by atoms with van der Waals surface area (Å²) in [6, 6.07) is 11.4. The monoisotopic (exact) mass is 468 g/mol. The lowest BCUT2D eigenvalue weighted by atomic mass is 10.1. The molecule has 0 radical (unpaired) electrons. The Kier molecular flexibility index (Phi) is 5.54. The number of nitrogens with zero attached hydrogens (tertiary/aromatic N) is 2. The lowest BCUT2D eigenvalue weighted by molar-refractivity contribution is -0.132. The smallest absolute Gasteiger partial charge is 0.270 e. The number of carbonyl (C=O) groups excluding carboxylic acids is 3. The highest BCUT2D eigenvalue weighted by atomic mass is 35.5. The van der Waals surface area contributed by atoms with Crippen LogP contribution < -0.4 is 10.2 Å². The summed E-state index contributed by atoms with van der Waals surface area (Å²) in [5.74, 6) is -1.98. The van der Waals surface area contributed by atoms with Crippen molar-refractivity contribution < 1.29 is 18.8 Å². The average molecular weight is 469 g/mol. The Bertz CT molecular complexity index is 1250. The first kappa shape index (κ1) is 21.5. The number of rotatable bonds is 5. The molecule has 9 heteroatoms. The van der Waals surface area contributed by atoms with E-state index in [0.29, 0.717) is 29.9 Å². The highest BCUT2D eigenvalue weighted by molar-refractivity contribution is 6.30. The number of H-pyrrole nitrogens is 1. The number of fused-ring (bicyclic) bond motifs is 1. The molecule has 0 aliphatic carbocycles. The highest BCUT2D eigenvalue weighted by Crippen LogP contribution is 2.29. The number of nitrogens with one attached hydrogen (secondary N) is 2. The molecule has 0 unspecified atom stereocenters. The van der Waals surface area contributed by atoms with Crippen molar-refractivity contribution in [3.05, 3.63) is 64.6 Å². The summed E-state index contributed by atoms with van der Waals surface area (Å²) in [5.41, 5.74) is 2.56. The van der Waals surface area contributed by atoms with Gasteiger partial charge in [0.05, 0.1) is 0 Å². The summed E-state index contributed by atoms with van der Waals surface area (Å²) < 4.78 is 13.5. The zero-order valence-corrected chi connectivity index (χ0v) is 18.5. The highest BCUT2D eigenvalue weighted by Gasteiger charge is 2.37. The van der Waals surface area contributed by atoms with Crippen LogP contribution in [0.25, 0.3) is 10.9 Å². The van der Waals surface area contributed by atoms with Crippen LogP contribution in [-0.2, 0) is 16.1 Å². The number of hydrogen-bond acceptors (Lipinski definition) is 3. The first-order valence-corrected chi connectivity index (χ1v) is 11.2. The standard InChI is InChI=1S/C24H22ClFN4O3/c25-16-8-14(9-17(26)12-16)13-27-22(31)19-4-7-30(23(19)32)18-2-3-20-15(10-18)11-21(28-20)24(33)29-5-1-6-29/h2-3,8-12,19,28H,1,4-7,13H2,(H,27,31)/t19-/m1/s1. The summed E-state index contributed by atoms with van der Waals surface area (Å²) in [7, 11) is 0. The molecule has 33 heavy (non-hydrogen) atoms. The van der Waals surface area contributed by atoms with Gasteiger partial charge in [-0.05, 0) is 60.9 Å². The quantitative estimate of drug-likeness (QED) is 0.562. The van der Waals surface area contributed by atoms with Gasteiger partial charge in [-0.25, -0.2) is 4.39 Å². The van der Waals surface area contributed by atoms with E-state index in [1.807, 2.05) is 18.2 Å². The normalized spacial score (nSPS) is 18.0. The second-order valence-electron chi connectivity index (χ2n) is 8.43. The number of aromatic nitrogens is 1. The maximum absolute atomic E-state index is 13.5. The van der Waals surface area contributed by atoms with Crippen LogP contribution in [-0.4, -0.2) is 47.2 Å². The minimum absolute atomic E-state index is 0.0208. The first-order valence-electron chi connectivity index (χ1n) is 10.8. The van der Waals surface area contributed by atoms with Gasteiger partial charge in [-0.15, -0.1) is 0 Å². The third-order valence-corrected chi connectivity index (χ3v) is 6.42. The molecular formula is C24H22ClFN4O3. The molecular weight excluding hydrogens is 447 g/mol. The van der Waals surface area contributed by atoms with Gasteiger partial charge in [0.2, 0.25) is 11.8 Å². The fraction of sp³-hybridized carbons (Fsp3) is 0.292. The van der Waals surface area contributed by atoms with Crippen LogP contribution in [0.4, 0.5) is 10.1 Å². The minimum atomic E-state index is -0.806. The fourth-order valence-electron chi connectivity index (χ4n) is 4.30. The summed E-state index contributed by atoms with van der Waals surface area (Å²) in [6.45, 7) is 2.05. The molecule has 3 heterocycles. The molecule has 7 nitrogen and oxygen atoms in total. The largest absolute Gasteiger partial charge is 0.351 e. The predicted molar refractivity (Wildman–Crippen MR) is 123 cm³/mol. The minimum Gasteiger partial charge on any atom is -0.351 e. The lowest BCUT2D eigenvalue weighted by Crippen LogP contribution is -2.42. The van der Waals surface area contributed by atoms with Gasteiger partial charge in [-0.1, -0.05) is 11.6 Å². The number of carbonyl (C=O) groups is 3. The van der Waals surface area contributed by atoms with E-state index < -0.39 is 17.6 Å². The van der Waals surface area contributed by atoms with Crippen molar-refractivity contribution in [1.82, 2.24) is 15.2 Å². The van der Waals surface area contributed by atoms with Crippen molar-refractivity contribution in [3.8, 4) is 0 Å². The Morgan fingerprint density at radius 2 is 1.94 bits per heavy atom. The van der Waals surface area contributed by atoms with E-state index in [9.17, 15) is 18.8 Å². The summed E-state index contributed by atoms with van der Waals surface area (Å²) in [4.78, 5) is 44.6. The molecule has 5 rings (SSSR count). The molecule has 2 saturated heterocycles. The van der Waals surface area contributed by atoms with Gasteiger partial charge < -0.3 is 20.1 Å². The van der Waals surface area contributed by atoms with Gasteiger partial charge in [0.25, 0.3) is 5.91 Å². The van der Waals surface area contributed by atoms with Gasteiger partial charge in [-0.2, -0.15) is 0 Å². The molecule has 2 N–H and O–H groups in total. The summed E-state index contributed by atoms with van der Waals surface area (Å²) in [6.07, 6.45) is 1.41. The second-order valence-corrected chi connectivity index (χ2v) is 8.86. The molecule has 2 fully saturated rings. The van der Waals surface area contributed by atoms with Gasteiger partial charge in [0.15, 0.2) is 0 Å². The van der Waals surface area contributed by atoms with E-state index in [0.717, 1.165) is 30.4 Å².